The highest BCUT2D eigenvalue weighted by Gasteiger charge is 2.10. The van der Waals surface area contributed by atoms with E-state index in [1.807, 2.05) is 20.8 Å². The molecule has 0 heterocycles. The summed E-state index contributed by atoms with van der Waals surface area (Å²) in [6, 6.07) is 3.75. The molecule has 0 aliphatic heterocycles. The van der Waals surface area contributed by atoms with Crippen molar-refractivity contribution >= 4 is 11.6 Å². The molecule has 0 fully saturated rings. The Bertz CT molecular complexity index is 427. The lowest BCUT2D eigenvalue weighted by Crippen LogP contribution is -2.37. The first-order chi connectivity index (χ1) is 8.28. The lowest BCUT2D eigenvalue weighted by Gasteiger charge is -2.20. The Morgan fingerprint density at radius 2 is 2.06 bits per heavy atom. The van der Waals surface area contributed by atoms with Crippen molar-refractivity contribution in [2.24, 2.45) is 0 Å². The van der Waals surface area contributed by atoms with Gasteiger partial charge in [0.1, 0.15) is 0 Å². The van der Waals surface area contributed by atoms with E-state index in [2.05, 4.69) is 10.6 Å². The zero-order chi connectivity index (χ0) is 13.8. The summed E-state index contributed by atoms with van der Waals surface area (Å²) in [7, 11) is 0. The minimum absolute atomic E-state index is 0.0368. The number of phenolic OH excluding ortho intramolecular Hbond substituents is 1. The molecule has 0 aromatic heterocycles. The van der Waals surface area contributed by atoms with Gasteiger partial charge in [-0.05, 0) is 32.9 Å². The van der Waals surface area contributed by atoms with E-state index in [-0.39, 0.29) is 11.4 Å². The Kier molecular flexibility index (Phi) is 4.67. The SMILES string of the molecule is CC(C)(C)NCCC(=O)Nc1ccc(O)c(F)c1. The van der Waals surface area contributed by atoms with Gasteiger partial charge in [0, 0.05) is 30.3 Å². The third-order valence-corrected chi connectivity index (χ3v) is 2.24. The minimum Gasteiger partial charge on any atom is -0.505 e. The van der Waals surface area contributed by atoms with Gasteiger partial charge in [0.2, 0.25) is 5.91 Å². The van der Waals surface area contributed by atoms with Gasteiger partial charge in [0.25, 0.3) is 0 Å². The van der Waals surface area contributed by atoms with Gasteiger partial charge in [0.15, 0.2) is 11.6 Å². The third kappa shape index (κ3) is 5.14. The van der Waals surface area contributed by atoms with Crippen molar-refractivity contribution in [3.8, 4) is 5.75 Å². The van der Waals surface area contributed by atoms with E-state index in [9.17, 15) is 9.18 Å². The number of phenols is 1. The first-order valence-electron chi connectivity index (χ1n) is 5.81. The van der Waals surface area contributed by atoms with Gasteiger partial charge >= 0.3 is 0 Å². The maximum atomic E-state index is 13.0. The Morgan fingerprint density at radius 1 is 1.39 bits per heavy atom. The number of aromatic hydroxyl groups is 1. The summed E-state index contributed by atoms with van der Waals surface area (Å²) in [6.07, 6.45) is 0.305. The van der Waals surface area contributed by atoms with E-state index in [4.69, 9.17) is 5.11 Å². The van der Waals surface area contributed by atoms with Gasteiger partial charge in [-0.1, -0.05) is 0 Å². The van der Waals surface area contributed by atoms with E-state index in [1.165, 1.54) is 12.1 Å². The number of carbonyl (C=O) groups excluding carboxylic acids is 1. The highest BCUT2D eigenvalue weighted by molar-refractivity contribution is 5.90. The van der Waals surface area contributed by atoms with Crippen LogP contribution in [0.3, 0.4) is 0 Å². The molecule has 18 heavy (non-hydrogen) atoms. The minimum atomic E-state index is -0.749. The summed E-state index contributed by atoms with van der Waals surface area (Å²) in [5, 5.41) is 14.8. The normalized spacial score (nSPS) is 11.3. The fourth-order valence-corrected chi connectivity index (χ4v) is 1.36. The van der Waals surface area contributed by atoms with Crippen molar-refractivity contribution in [2.45, 2.75) is 32.7 Å². The van der Waals surface area contributed by atoms with Crippen LogP contribution in [0, 0.1) is 5.82 Å². The summed E-state index contributed by atoms with van der Waals surface area (Å²) < 4.78 is 13.0. The lowest BCUT2D eigenvalue weighted by atomic mass is 10.1. The molecular weight excluding hydrogens is 235 g/mol. The van der Waals surface area contributed by atoms with E-state index in [1.54, 1.807) is 0 Å². The van der Waals surface area contributed by atoms with Crippen LogP contribution >= 0.6 is 0 Å². The van der Waals surface area contributed by atoms with Crippen LogP contribution in [-0.4, -0.2) is 23.1 Å². The van der Waals surface area contributed by atoms with Gasteiger partial charge in [-0.2, -0.15) is 0 Å². The molecule has 100 valence electrons. The monoisotopic (exact) mass is 254 g/mol. The maximum absolute atomic E-state index is 13.0. The lowest BCUT2D eigenvalue weighted by molar-refractivity contribution is -0.116. The molecule has 0 aliphatic carbocycles. The van der Waals surface area contributed by atoms with Gasteiger partial charge < -0.3 is 15.7 Å². The summed E-state index contributed by atoms with van der Waals surface area (Å²) in [5.74, 6) is -1.38. The highest BCUT2D eigenvalue weighted by Crippen LogP contribution is 2.19. The molecule has 0 atom stereocenters. The van der Waals surface area contributed by atoms with Crippen molar-refractivity contribution in [1.29, 1.82) is 0 Å². The summed E-state index contributed by atoms with van der Waals surface area (Å²) in [4.78, 5) is 11.6. The number of hydrogen-bond acceptors (Lipinski definition) is 3. The molecule has 0 saturated heterocycles. The zero-order valence-electron chi connectivity index (χ0n) is 10.9. The topological polar surface area (TPSA) is 61.4 Å². The number of amides is 1. The Balaban J connectivity index is 2.42. The van der Waals surface area contributed by atoms with Crippen molar-refractivity contribution in [3.05, 3.63) is 24.0 Å². The summed E-state index contributed by atoms with van der Waals surface area (Å²) in [5.41, 5.74) is 0.302. The number of benzene rings is 1. The molecule has 3 N–H and O–H groups in total. The molecule has 0 unspecified atom stereocenters. The molecule has 1 aromatic rings. The number of rotatable bonds is 4. The second-order valence-corrected chi connectivity index (χ2v) is 5.14. The quantitative estimate of drug-likeness (QED) is 0.722. The standard InChI is InChI=1S/C13H19FN2O2/c1-13(2,3)15-7-6-12(18)16-9-4-5-11(17)10(14)8-9/h4-5,8,15,17H,6-7H2,1-3H3,(H,16,18). The van der Waals surface area contributed by atoms with Crippen LogP contribution in [0.1, 0.15) is 27.2 Å². The van der Waals surface area contributed by atoms with Crippen LogP contribution in [0.15, 0.2) is 18.2 Å². The van der Waals surface area contributed by atoms with Crippen LogP contribution < -0.4 is 10.6 Å². The number of hydrogen-bond donors (Lipinski definition) is 3. The van der Waals surface area contributed by atoms with Crippen molar-refractivity contribution in [2.75, 3.05) is 11.9 Å². The Morgan fingerprint density at radius 3 is 2.61 bits per heavy atom. The number of nitrogens with one attached hydrogen (secondary N) is 2. The molecule has 1 amide bonds. The first kappa shape index (κ1) is 14.4. The van der Waals surface area contributed by atoms with Gasteiger partial charge in [-0.15, -0.1) is 0 Å². The van der Waals surface area contributed by atoms with E-state index in [0.29, 0.717) is 18.7 Å². The number of halogens is 1. The van der Waals surface area contributed by atoms with Gasteiger partial charge in [-0.3, -0.25) is 4.79 Å². The van der Waals surface area contributed by atoms with E-state index >= 15 is 0 Å². The Hall–Kier alpha value is -1.62. The van der Waals surface area contributed by atoms with Gasteiger partial charge in [0.05, 0.1) is 0 Å². The maximum Gasteiger partial charge on any atom is 0.225 e. The molecule has 0 bridgehead atoms. The molecule has 0 radical (unpaired) electrons. The highest BCUT2D eigenvalue weighted by atomic mass is 19.1. The first-order valence-corrected chi connectivity index (χ1v) is 5.81. The molecule has 0 aliphatic rings. The van der Waals surface area contributed by atoms with Crippen molar-refractivity contribution in [3.63, 3.8) is 0 Å². The van der Waals surface area contributed by atoms with Crippen LogP contribution in [-0.2, 0) is 4.79 Å². The van der Waals surface area contributed by atoms with Crippen molar-refractivity contribution in [1.82, 2.24) is 5.32 Å². The molecule has 0 spiro atoms. The molecule has 1 aromatic carbocycles. The second kappa shape index (κ2) is 5.82. The predicted molar refractivity (Wildman–Crippen MR) is 69.1 cm³/mol. The molecule has 5 heteroatoms. The summed E-state index contributed by atoms with van der Waals surface area (Å²) in [6.45, 7) is 6.59. The van der Waals surface area contributed by atoms with Gasteiger partial charge in [-0.25, -0.2) is 4.39 Å². The smallest absolute Gasteiger partial charge is 0.225 e. The Labute approximate surface area is 106 Å². The van der Waals surface area contributed by atoms with Crippen LogP contribution in [0.4, 0.5) is 10.1 Å². The molecule has 0 saturated carbocycles. The fourth-order valence-electron chi connectivity index (χ4n) is 1.36. The van der Waals surface area contributed by atoms with Crippen LogP contribution in [0.5, 0.6) is 5.75 Å². The largest absolute Gasteiger partial charge is 0.505 e. The fraction of sp³-hybridized carbons (Fsp3) is 0.462. The van der Waals surface area contributed by atoms with Crippen molar-refractivity contribution < 1.29 is 14.3 Å². The average Bonchev–Trinajstić information content (AvgIpc) is 2.21. The number of carbonyl (C=O) groups is 1. The number of anilines is 1. The van der Waals surface area contributed by atoms with Crippen LogP contribution in [0.25, 0.3) is 0 Å². The third-order valence-electron chi connectivity index (χ3n) is 2.24. The van der Waals surface area contributed by atoms with E-state index in [0.717, 1.165) is 6.07 Å². The summed E-state index contributed by atoms with van der Waals surface area (Å²) >= 11 is 0. The molecule has 1 rings (SSSR count). The zero-order valence-corrected chi connectivity index (χ0v) is 10.9. The van der Waals surface area contributed by atoms with Crippen LogP contribution in [0.2, 0.25) is 0 Å². The molecular formula is C13H19FN2O2. The van der Waals surface area contributed by atoms with E-state index < -0.39 is 11.6 Å². The average molecular weight is 254 g/mol. The predicted octanol–water partition coefficient (Wildman–Crippen LogP) is 2.25. The second-order valence-electron chi connectivity index (χ2n) is 5.14. The molecule has 4 nitrogen and oxygen atoms in total.